The highest BCUT2D eigenvalue weighted by Crippen LogP contribution is 2.55. The van der Waals surface area contributed by atoms with Gasteiger partial charge in [-0.15, -0.1) is 6.58 Å². The summed E-state index contributed by atoms with van der Waals surface area (Å²) in [5.74, 6) is 0.322. The molecule has 2 unspecified atom stereocenters. The Kier molecular flexibility index (Phi) is 5.84. The predicted octanol–water partition coefficient (Wildman–Crippen LogP) is 4.64. The van der Waals surface area contributed by atoms with E-state index in [-0.39, 0.29) is 24.4 Å². The first-order valence-electron chi connectivity index (χ1n) is 12.2. The number of rotatable bonds is 4. The molecule has 4 nitrogen and oxygen atoms in total. The van der Waals surface area contributed by atoms with Gasteiger partial charge in [0.15, 0.2) is 0 Å². The molecule has 4 atom stereocenters. The van der Waals surface area contributed by atoms with Gasteiger partial charge in [-0.1, -0.05) is 13.0 Å². The fraction of sp³-hybridized carbons (Fsp3) is 0.654. The van der Waals surface area contributed by atoms with Gasteiger partial charge in [-0.2, -0.15) is 13.2 Å². The maximum atomic E-state index is 13.8. The molecule has 3 fully saturated rings. The van der Waals surface area contributed by atoms with Gasteiger partial charge in [0, 0.05) is 37.9 Å². The molecule has 3 heterocycles. The number of nitrogens with one attached hydrogen (secondary N) is 1. The minimum Gasteiger partial charge on any atom is -0.381 e. The molecule has 1 N–H and O–H groups in total. The van der Waals surface area contributed by atoms with Gasteiger partial charge in [0.1, 0.15) is 0 Å². The Hall–Kier alpha value is -1.86. The normalized spacial score (nSPS) is 32.3. The summed E-state index contributed by atoms with van der Waals surface area (Å²) in [6.07, 6.45) is 2.95. The van der Waals surface area contributed by atoms with Crippen LogP contribution >= 0.6 is 0 Å². The molecule has 7 heteroatoms. The highest BCUT2D eigenvalue weighted by Gasteiger charge is 2.60. The quantitative estimate of drug-likeness (QED) is 0.663. The first kappa shape index (κ1) is 22.9. The van der Waals surface area contributed by atoms with Gasteiger partial charge in [-0.25, -0.2) is 0 Å². The number of amides is 1. The first-order chi connectivity index (χ1) is 15.7. The number of hydrogen-bond acceptors (Lipinski definition) is 3. The summed E-state index contributed by atoms with van der Waals surface area (Å²) in [5.41, 5.74) is 1.29. The molecule has 0 radical (unpaired) electrons. The largest absolute Gasteiger partial charge is 0.416 e. The third-order valence-corrected chi connectivity index (χ3v) is 8.66. The molecule has 1 saturated carbocycles. The van der Waals surface area contributed by atoms with Crippen molar-refractivity contribution in [2.24, 2.45) is 11.3 Å². The highest BCUT2D eigenvalue weighted by molar-refractivity contribution is 5.87. The van der Waals surface area contributed by atoms with Gasteiger partial charge in [-0.3, -0.25) is 4.79 Å². The van der Waals surface area contributed by atoms with Crippen LogP contribution in [0.3, 0.4) is 0 Å². The van der Waals surface area contributed by atoms with E-state index < -0.39 is 17.2 Å². The molecule has 33 heavy (non-hydrogen) atoms. The number of benzene rings is 1. The summed E-state index contributed by atoms with van der Waals surface area (Å²) in [6, 6.07) is 3.34. The smallest absolute Gasteiger partial charge is 0.381 e. The van der Waals surface area contributed by atoms with Crippen LogP contribution in [-0.2, 0) is 35.1 Å². The molecule has 1 spiro atoms. The number of halogens is 3. The average molecular weight is 463 g/mol. The van der Waals surface area contributed by atoms with Crippen LogP contribution in [-0.4, -0.2) is 42.1 Å². The highest BCUT2D eigenvalue weighted by atomic mass is 19.4. The second-order valence-electron chi connectivity index (χ2n) is 10.4. The van der Waals surface area contributed by atoms with Crippen molar-refractivity contribution in [1.82, 2.24) is 10.2 Å². The second kappa shape index (κ2) is 8.42. The lowest BCUT2D eigenvalue weighted by Crippen LogP contribution is -2.42. The zero-order chi connectivity index (χ0) is 23.4. The Bertz CT molecular complexity index is 940. The van der Waals surface area contributed by atoms with Crippen LogP contribution in [0.4, 0.5) is 13.2 Å². The second-order valence-corrected chi connectivity index (χ2v) is 10.4. The van der Waals surface area contributed by atoms with Crippen LogP contribution in [0, 0.1) is 11.3 Å². The van der Waals surface area contributed by atoms with Crippen LogP contribution < -0.4 is 5.32 Å². The Morgan fingerprint density at radius 1 is 1.24 bits per heavy atom. The van der Waals surface area contributed by atoms with Gasteiger partial charge < -0.3 is 15.0 Å². The van der Waals surface area contributed by atoms with E-state index in [1.807, 2.05) is 4.90 Å². The minimum atomic E-state index is -4.40. The molecule has 1 aliphatic carbocycles. The number of ether oxygens (including phenoxy) is 1. The van der Waals surface area contributed by atoms with Crippen LogP contribution in [0.15, 0.2) is 24.8 Å². The molecule has 1 amide bonds. The van der Waals surface area contributed by atoms with E-state index >= 15 is 0 Å². The minimum absolute atomic E-state index is 0.0483. The molecule has 0 aromatic heterocycles. The Morgan fingerprint density at radius 2 is 2.00 bits per heavy atom. The third-order valence-electron chi connectivity index (χ3n) is 8.66. The average Bonchev–Trinajstić information content (AvgIpc) is 3.29. The lowest BCUT2D eigenvalue weighted by molar-refractivity contribution is -0.137. The Morgan fingerprint density at radius 3 is 2.70 bits per heavy atom. The van der Waals surface area contributed by atoms with Crippen molar-refractivity contribution in [2.75, 3.05) is 13.2 Å². The van der Waals surface area contributed by atoms with Gasteiger partial charge in [-0.05, 0) is 79.7 Å². The lowest BCUT2D eigenvalue weighted by Gasteiger charge is -2.35. The summed E-state index contributed by atoms with van der Waals surface area (Å²) in [4.78, 5) is 15.6. The van der Waals surface area contributed by atoms with Crippen LogP contribution in [0.25, 0.3) is 0 Å². The van der Waals surface area contributed by atoms with Crippen LogP contribution in [0.5, 0.6) is 0 Å². The number of carbonyl (C=O) groups is 1. The van der Waals surface area contributed by atoms with Crippen molar-refractivity contribution in [3.63, 3.8) is 0 Å². The van der Waals surface area contributed by atoms with Gasteiger partial charge in [0.25, 0.3) is 0 Å². The lowest BCUT2D eigenvalue weighted by atomic mass is 9.73. The van der Waals surface area contributed by atoms with E-state index in [0.29, 0.717) is 36.1 Å². The van der Waals surface area contributed by atoms with Crippen molar-refractivity contribution in [2.45, 2.75) is 82.7 Å². The predicted molar refractivity (Wildman–Crippen MR) is 120 cm³/mol. The summed E-state index contributed by atoms with van der Waals surface area (Å²) < 4.78 is 46.1. The summed E-state index contributed by atoms with van der Waals surface area (Å²) in [6.45, 7) is 7.77. The number of allylic oxidation sites excluding steroid dienone is 1. The zero-order valence-corrected chi connectivity index (χ0v) is 19.2. The molecule has 3 aliphatic heterocycles. The van der Waals surface area contributed by atoms with E-state index in [1.54, 1.807) is 6.08 Å². The molecule has 2 saturated heterocycles. The number of alkyl halides is 3. The number of nitrogens with zero attached hydrogens (tertiary/aromatic N) is 1. The van der Waals surface area contributed by atoms with E-state index in [1.165, 1.54) is 12.1 Å². The van der Waals surface area contributed by atoms with E-state index in [4.69, 9.17) is 4.74 Å². The monoisotopic (exact) mass is 462 g/mol. The third kappa shape index (κ3) is 3.91. The standard InChI is InChI=1S/C26H33F3N2O2/c1-3-4-17-11-19(26(27,28)29)12-18-15-31-23(13-22(17)18)16(2)25(24(31)32)8-5-21(14-25)30-20-6-9-33-10-7-20/h3,11-12,16,20-21,23,30H,1,4-10,13-15H2,2H3/t16?,21-,23?,25+/m1/s1. The van der Waals surface area contributed by atoms with Crippen molar-refractivity contribution >= 4 is 5.91 Å². The fourth-order valence-electron chi connectivity index (χ4n) is 6.86. The summed E-state index contributed by atoms with van der Waals surface area (Å²) in [5, 5.41) is 3.77. The van der Waals surface area contributed by atoms with Crippen molar-refractivity contribution in [3.8, 4) is 0 Å². The molecule has 4 aliphatic rings. The van der Waals surface area contributed by atoms with E-state index in [9.17, 15) is 18.0 Å². The Labute approximate surface area is 193 Å². The maximum absolute atomic E-state index is 13.8. The van der Waals surface area contributed by atoms with E-state index in [0.717, 1.165) is 50.9 Å². The molecule has 1 aromatic carbocycles. The van der Waals surface area contributed by atoms with Gasteiger partial charge in [0.2, 0.25) is 5.91 Å². The topological polar surface area (TPSA) is 41.6 Å². The molecule has 1 aromatic rings. The van der Waals surface area contributed by atoms with Crippen molar-refractivity contribution in [3.05, 3.63) is 47.0 Å². The van der Waals surface area contributed by atoms with Crippen LogP contribution in [0.1, 0.15) is 61.3 Å². The van der Waals surface area contributed by atoms with Gasteiger partial charge >= 0.3 is 6.18 Å². The maximum Gasteiger partial charge on any atom is 0.416 e. The SMILES string of the molecule is C=CCc1cc(C(F)(F)F)cc2c1CC1C(C)[C@@]3(CC[C@@H](NC4CCOCC4)C3)C(=O)N1C2. The number of fused-ring (bicyclic) bond motifs is 2. The summed E-state index contributed by atoms with van der Waals surface area (Å²) in [7, 11) is 0. The molecule has 5 rings (SSSR count). The van der Waals surface area contributed by atoms with Crippen LogP contribution in [0.2, 0.25) is 0 Å². The number of carbonyl (C=O) groups excluding carboxylic acids is 1. The fourth-order valence-corrected chi connectivity index (χ4v) is 6.86. The molecular formula is C26H33F3N2O2. The molecular weight excluding hydrogens is 429 g/mol. The Balaban J connectivity index is 1.40. The summed E-state index contributed by atoms with van der Waals surface area (Å²) >= 11 is 0. The number of hydrogen-bond donors (Lipinski definition) is 1. The van der Waals surface area contributed by atoms with Crippen molar-refractivity contribution < 1.29 is 22.7 Å². The first-order valence-corrected chi connectivity index (χ1v) is 12.2. The molecule has 0 bridgehead atoms. The van der Waals surface area contributed by atoms with E-state index in [2.05, 4.69) is 18.8 Å². The van der Waals surface area contributed by atoms with Gasteiger partial charge in [0.05, 0.1) is 11.0 Å². The molecule has 180 valence electrons. The zero-order valence-electron chi connectivity index (χ0n) is 19.2. The van der Waals surface area contributed by atoms with Crippen molar-refractivity contribution in [1.29, 1.82) is 0 Å².